The van der Waals surface area contributed by atoms with Crippen molar-refractivity contribution in [3.8, 4) is 0 Å². The van der Waals surface area contributed by atoms with Gasteiger partial charge in [-0.1, -0.05) is 30.3 Å². The Kier molecular flexibility index (Phi) is 2.51. The molecule has 70 valence electrons. The van der Waals surface area contributed by atoms with Crippen molar-refractivity contribution in [3.63, 3.8) is 0 Å². The lowest BCUT2D eigenvalue weighted by atomic mass is 10.1. The molecule has 2 rings (SSSR count). The number of nitrogens with zero attached hydrogens (tertiary/aromatic N) is 2. The molecule has 1 atom stereocenters. The predicted octanol–water partition coefficient (Wildman–Crippen LogP) is 1.52. The van der Waals surface area contributed by atoms with Gasteiger partial charge in [-0.15, -0.1) is 0 Å². The summed E-state index contributed by atoms with van der Waals surface area (Å²) in [5, 5.41) is 0. The maximum atomic E-state index is 5.99. The fourth-order valence-corrected chi connectivity index (χ4v) is 1.28. The van der Waals surface area contributed by atoms with Crippen LogP contribution in [0.25, 0.3) is 0 Å². The van der Waals surface area contributed by atoms with E-state index in [2.05, 4.69) is 9.97 Å². The van der Waals surface area contributed by atoms with Gasteiger partial charge in [0.15, 0.2) is 0 Å². The second-order valence-electron chi connectivity index (χ2n) is 3.00. The van der Waals surface area contributed by atoms with Gasteiger partial charge in [0.05, 0.1) is 6.04 Å². The van der Waals surface area contributed by atoms with Crippen LogP contribution in [0.2, 0.25) is 0 Å². The Bertz CT molecular complexity index is 346. The highest BCUT2D eigenvalue weighted by Crippen LogP contribution is 2.14. The van der Waals surface area contributed by atoms with E-state index in [4.69, 9.17) is 5.73 Å². The van der Waals surface area contributed by atoms with Crippen LogP contribution in [0.15, 0.2) is 48.8 Å². The maximum absolute atomic E-state index is 5.99. The Morgan fingerprint density at radius 3 is 2.21 bits per heavy atom. The molecule has 14 heavy (non-hydrogen) atoms. The highest BCUT2D eigenvalue weighted by Gasteiger charge is 2.09. The smallest absolute Gasteiger partial charge is 0.149 e. The summed E-state index contributed by atoms with van der Waals surface area (Å²) in [6, 6.07) is 11.4. The van der Waals surface area contributed by atoms with Crippen molar-refractivity contribution in [1.29, 1.82) is 0 Å². The van der Waals surface area contributed by atoms with Crippen LogP contribution in [0.1, 0.15) is 17.4 Å². The Balaban J connectivity index is 2.30. The summed E-state index contributed by atoms with van der Waals surface area (Å²) in [4.78, 5) is 8.24. The average molecular weight is 185 g/mol. The molecule has 0 aliphatic carbocycles. The number of aromatic nitrogens is 2. The van der Waals surface area contributed by atoms with E-state index >= 15 is 0 Å². The largest absolute Gasteiger partial charge is 0.318 e. The fourth-order valence-electron chi connectivity index (χ4n) is 1.28. The van der Waals surface area contributed by atoms with Crippen molar-refractivity contribution in [2.75, 3.05) is 0 Å². The standard InChI is InChI=1S/C11H11N3/c12-10(9-5-2-1-3-6-9)11-13-7-4-8-14-11/h1-8,10H,12H2/t10-/m0/s1. The minimum atomic E-state index is -0.239. The minimum absolute atomic E-state index is 0.239. The Hall–Kier alpha value is -1.74. The van der Waals surface area contributed by atoms with Gasteiger partial charge in [-0.2, -0.15) is 0 Å². The first-order chi connectivity index (χ1) is 6.88. The zero-order valence-corrected chi connectivity index (χ0v) is 7.67. The summed E-state index contributed by atoms with van der Waals surface area (Å²) >= 11 is 0. The van der Waals surface area contributed by atoms with Crippen molar-refractivity contribution in [3.05, 3.63) is 60.2 Å². The van der Waals surface area contributed by atoms with Crippen LogP contribution in [0.5, 0.6) is 0 Å². The molecule has 2 aromatic rings. The Morgan fingerprint density at radius 1 is 0.929 bits per heavy atom. The molecule has 0 bridgehead atoms. The minimum Gasteiger partial charge on any atom is -0.318 e. The quantitative estimate of drug-likeness (QED) is 0.771. The van der Waals surface area contributed by atoms with Crippen molar-refractivity contribution < 1.29 is 0 Å². The summed E-state index contributed by atoms with van der Waals surface area (Å²) in [7, 11) is 0. The maximum Gasteiger partial charge on any atom is 0.149 e. The molecule has 1 aromatic heterocycles. The number of hydrogen-bond donors (Lipinski definition) is 1. The van der Waals surface area contributed by atoms with Crippen LogP contribution in [0.4, 0.5) is 0 Å². The molecule has 1 aromatic carbocycles. The Labute approximate surface area is 82.6 Å². The van der Waals surface area contributed by atoms with E-state index in [1.807, 2.05) is 30.3 Å². The molecule has 0 amide bonds. The molecule has 3 nitrogen and oxygen atoms in total. The van der Waals surface area contributed by atoms with Gasteiger partial charge in [-0.05, 0) is 11.6 Å². The summed E-state index contributed by atoms with van der Waals surface area (Å²) in [5.41, 5.74) is 7.02. The lowest BCUT2D eigenvalue weighted by molar-refractivity contribution is 0.780. The third-order valence-corrected chi connectivity index (χ3v) is 2.02. The number of rotatable bonds is 2. The van der Waals surface area contributed by atoms with E-state index in [1.165, 1.54) is 0 Å². The lowest BCUT2D eigenvalue weighted by Gasteiger charge is -2.09. The summed E-state index contributed by atoms with van der Waals surface area (Å²) in [5.74, 6) is 0.652. The number of benzene rings is 1. The van der Waals surface area contributed by atoms with Crippen LogP contribution in [0, 0.1) is 0 Å². The normalized spacial score (nSPS) is 12.4. The molecule has 2 N–H and O–H groups in total. The lowest BCUT2D eigenvalue weighted by Crippen LogP contribution is -2.14. The monoisotopic (exact) mass is 185 g/mol. The zero-order chi connectivity index (χ0) is 9.80. The van der Waals surface area contributed by atoms with Gasteiger partial charge in [0.25, 0.3) is 0 Å². The van der Waals surface area contributed by atoms with Crippen LogP contribution in [0.3, 0.4) is 0 Å². The summed E-state index contributed by atoms with van der Waals surface area (Å²) < 4.78 is 0. The van der Waals surface area contributed by atoms with E-state index in [9.17, 15) is 0 Å². The molecular weight excluding hydrogens is 174 g/mol. The third kappa shape index (κ3) is 1.78. The van der Waals surface area contributed by atoms with Crippen molar-refractivity contribution in [2.45, 2.75) is 6.04 Å². The van der Waals surface area contributed by atoms with Crippen molar-refractivity contribution in [2.24, 2.45) is 5.73 Å². The van der Waals surface area contributed by atoms with Crippen molar-refractivity contribution >= 4 is 0 Å². The first-order valence-corrected chi connectivity index (χ1v) is 4.45. The zero-order valence-electron chi connectivity index (χ0n) is 7.67. The van der Waals surface area contributed by atoms with E-state index in [-0.39, 0.29) is 6.04 Å². The van der Waals surface area contributed by atoms with E-state index in [0.29, 0.717) is 5.82 Å². The van der Waals surface area contributed by atoms with Gasteiger partial charge in [0.1, 0.15) is 5.82 Å². The molecule has 0 aliphatic rings. The highest BCUT2D eigenvalue weighted by atomic mass is 14.9. The van der Waals surface area contributed by atoms with Gasteiger partial charge in [0, 0.05) is 12.4 Å². The topological polar surface area (TPSA) is 51.8 Å². The third-order valence-electron chi connectivity index (χ3n) is 2.02. The molecular formula is C11H11N3. The van der Waals surface area contributed by atoms with Crippen LogP contribution < -0.4 is 5.73 Å². The fraction of sp³-hybridized carbons (Fsp3) is 0.0909. The molecule has 0 spiro atoms. The highest BCUT2D eigenvalue weighted by molar-refractivity contribution is 5.23. The SMILES string of the molecule is N[C@@H](c1ccccc1)c1ncccn1. The number of hydrogen-bond acceptors (Lipinski definition) is 3. The summed E-state index contributed by atoms with van der Waals surface area (Å²) in [6.07, 6.45) is 3.40. The van der Waals surface area contributed by atoms with Crippen molar-refractivity contribution in [1.82, 2.24) is 9.97 Å². The molecule has 0 fully saturated rings. The molecule has 0 saturated carbocycles. The van der Waals surface area contributed by atoms with Gasteiger partial charge in [0.2, 0.25) is 0 Å². The Morgan fingerprint density at radius 2 is 1.57 bits per heavy atom. The predicted molar refractivity (Wildman–Crippen MR) is 54.5 cm³/mol. The molecule has 0 radical (unpaired) electrons. The summed E-state index contributed by atoms with van der Waals surface area (Å²) in [6.45, 7) is 0. The molecule has 0 unspecified atom stereocenters. The van der Waals surface area contributed by atoms with E-state index in [0.717, 1.165) is 5.56 Å². The molecule has 0 saturated heterocycles. The first-order valence-electron chi connectivity index (χ1n) is 4.45. The second kappa shape index (κ2) is 3.98. The average Bonchev–Trinajstić information content (AvgIpc) is 2.30. The first kappa shape index (κ1) is 8.84. The van der Waals surface area contributed by atoms with Gasteiger partial charge < -0.3 is 5.73 Å². The number of nitrogens with two attached hydrogens (primary N) is 1. The van der Waals surface area contributed by atoms with Crippen LogP contribution in [-0.4, -0.2) is 9.97 Å². The second-order valence-corrected chi connectivity index (χ2v) is 3.00. The van der Waals surface area contributed by atoms with Crippen LogP contribution >= 0.6 is 0 Å². The molecule has 0 aliphatic heterocycles. The molecule has 3 heteroatoms. The van der Waals surface area contributed by atoms with Gasteiger partial charge >= 0.3 is 0 Å². The van der Waals surface area contributed by atoms with E-state index < -0.39 is 0 Å². The van der Waals surface area contributed by atoms with Crippen LogP contribution in [-0.2, 0) is 0 Å². The van der Waals surface area contributed by atoms with Gasteiger partial charge in [-0.3, -0.25) is 0 Å². The van der Waals surface area contributed by atoms with E-state index in [1.54, 1.807) is 18.5 Å². The van der Waals surface area contributed by atoms with Gasteiger partial charge in [-0.25, -0.2) is 9.97 Å². The molecule has 1 heterocycles.